The molecule has 0 aliphatic rings. The van der Waals surface area contributed by atoms with Gasteiger partial charge < -0.3 is 28.7 Å². The smallest absolute Gasteiger partial charge is 0.161 e. The van der Waals surface area contributed by atoms with Gasteiger partial charge in [-0.2, -0.15) is 0 Å². The molecule has 0 saturated heterocycles. The summed E-state index contributed by atoms with van der Waals surface area (Å²) in [5, 5.41) is 11.8. The number of methoxy groups -OCH3 is 1. The lowest BCUT2D eigenvalue weighted by Crippen LogP contribution is -2.22. The fourth-order valence-corrected chi connectivity index (χ4v) is 3.05. The molecule has 2 aromatic heterocycles. The summed E-state index contributed by atoms with van der Waals surface area (Å²) < 4.78 is 20.9. The number of imidazole rings is 1. The second kappa shape index (κ2) is 11.3. The molecular weight excluding hydrogens is 384 g/mol. The van der Waals surface area contributed by atoms with Crippen molar-refractivity contribution in [2.45, 2.75) is 39.5 Å². The highest BCUT2D eigenvalue weighted by atomic mass is 16.5. The molecule has 0 saturated carbocycles. The number of hydrogen-bond donors (Lipinski definition) is 1. The molecule has 9 nitrogen and oxygen atoms in total. The Balaban J connectivity index is 1.57. The van der Waals surface area contributed by atoms with Gasteiger partial charge in [0, 0.05) is 32.6 Å². The third kappa shape index (κ3) is 6.04. The van der Waals surface area contributed by atoms with Gasteiger partial charge in [0.2, 0.25) is 0 Å². The molecule has 0 amide bonds. The molecule has 1 aromatic carbocycles. The summed E-state index contributed by atoms with van der Waals surface area (Å²) in [5.41, 5.74) is 1.11. The lowest BCUT2D eigenvalue weighted by atomic mass is 10.2. The third-order valence-corrected chi connectivity index (χ3v) is 4.66. The van der Waals surface area contributed by atoms with E-state index >= 15 is 0 Å². The van der Waals surface area contributed by atoms with Crippen LogP contribution < -0.4 is 14.8 Å². The molecule has 0 fully saturated rings. The van der Waals surface area contributed by atoms with Gasteiger partial charge in [-0.05, 0) is 31.5 Å². The number of ether oxygens (including phenoxy) is 3. The van der Waals surface area contributed by atoms with E-state index in [9.17, 15) is 0 Å². The Kier molecular flexibility index (Phi) is 8.22. The highest BCUT2D eigenvalue weighted by Crippen LogP contribution is 2.29. The number of aromatic nitrogens is 5. The fourth-order valence-electron chi connectivity index (χ4n) is 3.05. The van der Waals surface area contributed by atoms with Gasteiger partial charge in [-0.15, -0.1) is 10.2 Å². The highest BCUT2D eigenvalue weighted by molar-refractivity contribution is 5.43. The van der Waals surface area contributed by atoms with E-state index in [0.717, 1.165) is 36.0 Å². The maximum Gasteiger partial charge on any atom is 0.161 e. The predicted molar refractivity (Wildman–Crippen MR) is 112 cm³/mol. The lowest BCUT2D eigenvalue weighted by Gasteiger charge is -2.16. The largest absolute Gasteiger partial charge is 0.490 e. The van der Waals surface area contributed by atoms with Crippen molar-refractivity contribution in [2.24, 2.45) is 0 Å². The van der Waals surface area contributed by atoms with Gasteiger partial charge in [-0.25, -0.2) is 4.98 Å². The van der Waals surface area contributed by atoms with Crippen LogP contribution in [-0.2, 0) is 24.4 Å². The van der Waals surface area contributed by atoms with Crippen molar-refractivity contribution in [2.75, 3.05) is 26.9 Å². The zero-order valence-electron chi connectivity index (χ0n) is 17.8. The number of rotatable bonds is 13. The molecule has 3 aromatic rings. The molecule has 1 atom stereocenters. The second-order valence-electron chi connectivity index (χ2n) is 6.84. The van der Waals surface area contributed by atoms with Gasteiger partial charge >= 0.3 is 0 Å². The maximum atomic E-state index is 5.93. The van der Waals surface area contributed by atoms with Crippen LogP contribution in [0.5, 0.6) is 11.5 Å². The average molecular weight is 415 g/mol. The second-order valence-corrected chi connectivity index (χ2v) is 6.84. The Morgan fingerprint density at radius 3 is 2.77 bits per heavy atom. The first-order chi connectivity index (χ1) is 14.7. The Bertz CT molecular complexity index is 881. The molecule has 3 rings (SSSR count). The van der Waals surface area contributed by atoms with Crippen LogP contribution in [0.15, 0.2) is 43.2 Å². The normalized spacial score (nSPS) is 12.1. The summed E-state index contributed by atoms with van der Waals surface area (Å²) in [6, 6.07) is 6.07. The number of nitrogens with one attached hydrogen (secondary N) is 1. The van der Waals surface area contributed by atoms with Crippen LogP contribution in [0.4, 0.5) is 0 Å². The monoisotopic (exact) mass is 414 g/mol. The van der Waals surface area contributed by atoms with Gasteiger partial charge in [-0.1, -0.05) is 6.07 Å². The molecular formula is C21H30N6O3. The van der Waals surface area contributed by atoms with Crippen LogP contribution >= 0.6 is 0 Å². The van der Waals surface area contributed by atoms with Crippen molar-refractivity contribution >= 4 is 0 Å². The van der Waals surface area contributed by atoms with Gasteiger partial charge in [0.1, 0.15) is 18.8 Å². The maximum absolute atomic E-state index is 5.93. The van der Waals surface area contributed by atoms with Crippen molar-refractivity contribution in [3.05, 3.63) is 54.6 Å². The van der Waals surface area contributed by atoms with Crippen LogP contribution in [0.1, 0.15) is 31.3 Å². The number of hydrogen-bond acceptors (Lipinski definition) is 7. The van der Waals surface area contributed by atoms with E-state index in [2.05, 4.69) is 27.4 Å². The van der Waals surface area contributed by atoms with E-state index in [1.807, 2.05) is 40.5 Å². The molecule has 0 radical (unpaired) electrons. The first-order valence-corrected chi connectivity index (χ1v) is 10.2. The minimum atomic E-state index is 0.0472. The van der Waals surface area contributed by atoms with Crippen LogP contribution in [0.25, 0.3) is 0 Å². The summed E-state index contributed by atoms with van der Waals surface area (Å²) in [4.78, 5) is 4.04. The summed E-state index contributed by atoms with van der Waals surface area (Å²) >= 11 is 0. The molecule has 1 unspecified atom stereocenters. The third-order valence-electron chi connectivity index (χ3n) is 4.66. The highest BCUT2D eigenvalue weighted by Gasteiger charge is 2.13. The SMILES string of the molecule is CCOc1cc(CNC(C)c2nncn2CCOC)ccc1OCCn1ccnc1. The molecule has 0 aliphatic heterocycles. The summed E-state index contributed by atoms with van der Waals surface area (Å²) in [7, 11) is 1.69. The minimum absolute atomic E-state index is 0.0472. The van der Waals surface area contributed by atoms with E-state index < -0.39 is 0 Å². The minimum Gasteiger partial charge on any atom is -0.490 e. The number of nitrogens with zero attached hydrogens (tertiary/aromatic N) is 5. The van der Waals surface area contributed by atoms with E-state index in [1.165, 1.54) is 0 Å². The lowest BCUT2D eigenvalue weighted by molar-refractivity contribution is 0.185. The van der Waals surface area contributed by atoms with Crippen molar-refractivity contribution in [3.8, 4) is 11.5 Å². The van der Waals surface area contributed by atoms with E-state index in [4.69, 9.17) is 14.2 Å². The summed E-state index contributed by atoms with van der Waals surface area (Å²) in [6.45, 7) is 7.92. The molecule has 0 bridgehead atoms. The summed E-state index contributed by atoms with van der Waals surface area (Å²) in [5.74, 6) is 2.38. The zero-order chi connectivity index (χ0) is 21.2. The molecule has 2 heterocycles. The van der Waals surface area contributed by atoms with E-state index in [0.29, 0.717) is 26.4 Å². The van der Waals surface area contributed by atoms with Crippen molar-refractivity contribution in [3.63, 3.8) is 0 Å². The zero-order valence-corrected chi connectivity index (χ0v) is 17.8. The molecule has 0 aliphatic carbocycles. The number of benzene rings is 1. The van der Waals surface area contributed by atoms with Crippen LogP contribution in [-0.4, -0.2) is 51.2 Å². The van der Waals surface area contributed by atoms with Gasteiger partial charge in [0.25, 0.3) is 0 Å². The van der Waals surface area contributed by atoms with Crippen LogP contribution in [0.3, 0.4) is 0 Å². The van der Waals surface area contributed by atoms with Crippen LogP contribution in [0, 0.1) is 0 Å². The Morgan fingerprint density at radius 1 is 1.10 bits per heavy atom. The first kappa shape index (κ1) is 21.8. The van der Waals surface area contributed by atoms with Gasteiger partial charge in [-0.3, -0.25) is 0 Å². The van der Waals surface area contributed by atoms with Gasteiger partial charge in [0.05, 0.1) is 32.1 Å². The standard InChI is InChI=1S/C21H30N6O3/c1-4-29-20-13-18(5-6-19(20)30-12-9-26-8-7-22-15-26)14-23-17(2)21-25-24-16-27(21)10-11-28-3/h5-8,13,15-17,23H,4,9-12,14H2,1-3H3. The van der Waals surface area contributed by atoms with Crippen molar-refractivity contribution in [1.82, 2.24) is 29.6 Å². The topological polar surface area (TPSA) is 88.3 Å². The first-order valence-electron chi connectivity index (χ1n) is 10.2. The molecule has 30 heavy (non-hydrogen) atoms. The molecule has 162 valence electrons. The predicted octanol–water partition coefficient (Wildman–Crippen LogP) is 2.45. The van der Waals surface area contributed by atoms with Crippen LogP contribution in [0.2, 0.25) is 0 Å². The van der Waals surface area contributed by atoms with Crippen molar-refractivity contribution < 1.29 is 14.2 Å². The van der Waals surface area contributed by atoms with Gasteiger partial charge in [0.15, 0.2) is 11.5 Å². The Labute approximate surface area is 177 Å². The average Bonchev–Trinajstić information content (AvgIpc) is 3.44. The van der Waals surface area contributed by atoms with E-state index in [-0.39, 0.29) is 6.04 Å². The fraction of sp³-hybridized carbons (Fsp3) is 0.476. The van der Waals surface area contributed by atoms with E-state index in [1.54, 1.807) is 26.0 Å². The molecule has 9 heteroatoms. The quantitative estimate of drug-likeness (QED) is 0.460. The Hall–Kier alpha value is -2.91. The molecule has 0 spiro atoms. The van der Waals surface area contributed by atoms with Crippen molar-refractivity contribution in [1.29, 1.82) is 0 Å². The molecule has 1 N–H and O–H groups in total. The Morgan fingerprint density at radius 2 is 2.00 bits per heavy atom. The summed E-state index contributed by atoms with van der Waals surface area (Å²) in [6.07, 6.45) is 7.18.